The molecule has 10 heteroatoms. The van der Waals surface area contributed by atoms with Crippen molar-refractivity contribution in [3.8, 4) is 5.75 Å². The maximum absolute atomic E-state index is 12.4. The van der Waals surface area contributed by atoms with E-state index in [4.69, 9.17) is 9.92 Å². The van der Waals surface area contributed by atoms with E-state index >= 15 is 0 Å². The van der Waals surface area contributed by atoms with Crippen LogP contribution in [-0.4, -0.2) is 19.5 Å². The molecule has 0 bridgehead atoms. The van der Waals surface area contributed by atoms with Crippen molar-refractivity contribution in [3.05, 3.63) is 61.9 Å². The number of amidine groups is 1. The van der Waals surface area contributed by atoms with Crippen molar-refractivity contribution < 1.29 is 17.4 Å². The van der Waals surface area contributed by atoms with Gasteiger partial charge in [0.15, 0.2) is 10.9 Å². The SMILES string of the molecule is NC1=NC(=O)/C(=C/c2cc(Br)c(OS(=O)(=O)c3ccccc3)c(Br)c2)S1. The van der Waals surface area contributed by atoms with E-state index in [2.05, 4.69) is 36.9 Å². The standard InChI is InChI=1S/C16H10Br2N2O4S2/c17-11-6-9(8-13-15(21)20-16(19)25-13)7-12(18)14(11)24-26(22,23)10-4-2-1-3-5-10/h1-8H,(H2,19,20,21)/b13-8-. The molecule has 1 heterocycles. The highest BCUT2D eigenvalue weighted by Crippen LogP contribution is 2.38. The zero-order valence-electron chi connectivity index (χ0n) is 12.8. The number of benzene rings is 2. The van der Waals surface area contributed by atoms with Crippen molar-refractivity contribution in [3.63, 3.8) is 0 Å². The fourth-order valence-corrected chi connectivity index (χ4v) is 5.33. The Balaban J connectivity index is 1.92. The Hall–Kier alpha value is -1.62. The Bertz CT molecular complexity index is 1030. The molecule has 2 N–H and O–H groups in total. The molecule has 1 amide bonds. The molecule has 0 spiro atoms. The van der Waals surface area contributed by atoms with Crippen LogP contribution in [0.3, 0.4) is 0 Å². The van der Waals surface area contributed by atoms with Crippen LogP contribution >= 0.6 is 43.6 Å². The van der Waals surface area contributed by atoms with Gasteiger partial charge >= 0.3 is 10.1 Å². The summed E-state index contributed by atoms with van der Waals surface area (Å²) in [7, 11) is -3.98. The van der Waals surface area contributed by atoms with E-state index in [-0.39, 0.29) is 15.8 Å². The first-order chi connectivity index (χ1) is 12.3. The summed E-state index contributed by atoms with van der Waals surface area (Å²) in [5.74, 6) is -0.302. The number of amides is 1. The number of hydrogen-bond donors (Lipinski definition) is 1. The summed E-state index contributed by atoms with van der Waals surface area (Å²) in [4.78, 5) is 15.7. The molecule has 0 fully saturated rings. The van der Waals surface area contributed by atoms with Crippen LogP contribution in [0.5, 0.6) is 5.75 Å². The molecule has 0 saturated carbocycles. The lowest BCUT2D eigenvalue weighted by molar-refractivity contribution is -0.113. The van der Waals surface area contributed by atoms with E-state index < -0.39 is 16.0 Å². The van der Waals surface area contributed by atoms with Crippen molar-refractivity contribution >= 4 is 70.9 Å². The molecule has 0 unspecified atom stereocenters. The minimum atomic E-state index is -3.98. The fraction of sp³-hybridized carbons (Fsp3) is 0. The van der Waals surface area contributed by atoms with E-state index in [0.717, 1.165) is 11.8 Å². The van der Waals surface area contributed by atoms with Gasteiger partial charge in [0, 0.05) is 0 Å². The van der Waals surface area contributed by atoms with Gasteiger partial charge in [0.05, 0.1) is 13.9 Å². The van der Waals surface area contributed by atoms with E-state index in [1.54, 1.807) is 36.4 Å². The second-order valence-electron chi connectivity index (χ2n) is 5.03. The van der Waals surface area contributed by atoms with Gasteiger partial charge in [0.1, 0.15) is 4.90 Å². The topological polar surface area (TPSA) is 98.8 Å². The minimum Gasteiger partial charge on any atom is -0.378 e. The van der Waals surface area contributed by atoms with Crippen LogP contribution in [0.15, 0.2) is 66.2 Å². The summed E-state index contributed by atoms with van der Waals surface area (Å²) in [6, 6.07) is 11.1. The third-order valence-electron chi connectivity index (χ3n) is 3.18. The lowest BCUT2D eigenvalue weighted by Gasteiger charge is -2.11. The smallest absolute Gasteiger partial charge is 0.339 e. The molecule has 0 atom stereocenters. The number of carbonyl (C=O) groups excluding carboxylic acids is 1. The van der Waals surface area contributed by atoms with Crippen molar-refractivity contribution in [1.29, 1.82) is 0 Å². The van der Waals surface area contributed by atoms with Crippen LogP contribution in [0.4, 0.5) is 0 Å². The highest BCUT2D eigenvalue weighted by atomic mass is 79.9. The molecule has 0 saturated heterocycles. The second-order valence-corrected chi connectivity index (χ2v) is 9.35. The fourth-order valence-electron chi connectivity index (χ4n) is 2.06. The van der Waals surface area contributed by atoms with Crippen LogP contribution < -0.4 is 9.92 Å². The number of nitrogens with two attached hydrogens (primary N) is 1. The Labute approximate surface area is 170 Å². The van der Waals surface area contributed by atoms with Crippen molar-refractivity contribution in [1.82, 2.24) is 0 Å². The Morgan fingerprint density at radius 1 is 1.12 bits per heavy atom. The van der Waals surface area contributed by atoms with Gasteiger partial charge in [-0.05, 0) is 79.5 Å². The highest BCUT2D eigenvalue weighted by Gasteiger charge is 2.22. The molecule has 1 aliphatic rings. The van der Waals surface area contributed by atoms with Crippen molar-refractivity contribution in [2.45, 2.75) is 4.90 Å². The summed E-state index contributed by atoms with van der Waals surface area (Å²) in [5, 5.41) is 0.188. The predicted octanol–water partition coefficient (Wildman–Crippen LogP) is 3.91. The monoisotopic (exact) mass is 516 g/mol. The van der Waals surface area contributed by atoms with Crippen LogP contribution in [-0.2, 0) is 14.9 Å². The number of hydrogen-bond acceptors (Lipinski definition) is 6. The Kier molecular flexibility index (Phi) is 5.56. The summed E-state index contributed by atoms with van der Waals surface area (Å²) in [5.41, 5.74) is 6.17. The van der Waals surface area contributed by atoms with E-state index in [1.165, 1.54) is 12.1 Å². The lowest BCUT2D eigenvalue weighted by atomic mass is 10.2. The van der Waals surface area contributed by atoms with Gasteiger partial charge in [0.25, 0.3) is 5.91 Å². The molecule has 0 aliphatic carbocycles. The van der Waals surface area contributed by atoms with Gasteiger partial charge in [0.2, 0.25) is 0 Å². The quantitative estimate of drug-likeness (QED) is 0.487. The van der Waals surface area contributed by atoms with Gasteiger partial charge in [-0.1, -0.05) is 18.2 Å². The first kappa shape index (κ1) is 19.2. The van der Waals surface area contributed by atoms with E-state index in [1.807, 2.05) is 0 Å². The van der Waals surface area contributed by atoms with Crippen molar-refractivity contribution in [2.75, 3.05) is 0 Å². The van der Waals surface area contributed by atoms with Gasteiger partial charge in [-0.25, -0.2) is 0 Å². The molecule has 1 aliphatic heterocycles. The maximum Gasteiger partial charge on any atom is 0.339 e. The van der Waals surface area contributed by atoms with E-state index in [0.29, 0.717) is 19.4 Å². The largest absolute Gasteiger partial charge is 0.378 e. The molecule has 134 valence electrons. The normalized spacial score (nSPS) is 16.0. The average Bonchev–Trinajstić information content (AvgIpc) is 2.89. The molecule has 3 rings (SSSR count). The van der Waals surface area contributed by atoms with Crippen LogP contribution in [0.1, 0.15) is 5.56 Å². The number of rotatable bonds is 4. The lowest BCUT2D eigenvalue weighted by Crippen LogP contribution is -2.10. The molecule has 2 aromatic carbocycles. The number of carbonyl (C=O) groups is 1. The second kappa shape index (κ2) is 7.55. The van der Waals surface area contributed by atoms with Crippen LogP contribution in [0, 0.1) is 0 Å². The molecule has 0 radical (unpaired) electrons. The first-order valence-electron chi connectivity index (χ1n) is 7.03. The average molecular weight is 518 g/mol. The Morgan fingerprint density at radius 2 is 1.73 bits per heavy atom. The third kappa shape index (κ3) is 4.20. The number of thioether (sulfide) groups is 1. The van der Waals surface area contributed by atoms with Crippen LogP contribution in [0.2, 0.25) is 0 Å². The molecular weight excluding hydrogens is 508 g/mol. The maximum atomic E-state index is 12.4. The minimum absolute atomic E-state index is 0.0468. The van der Waals surface area contributed by atoms with Gasteiger partial charge in [-0.2, -0.15) is 13.4 Å². The van der Waals surface area contributed by atoms with Gasteiger partial charge in [-0.15, -0.1) is 0 Å². The first-order valence-corrected chi connectivity index (χ1v) is 10.8. The molecule has 26 heavy (non-hydrogen) atoms. The molecule has 2 aromatic rings. The highest BCUT2D eigenvalue weighted by molar-refractivity contribution is 9.11. The molecule has 6 nitrogen and oxygen atoms in total. The molecular formula is C16H10Br2N2O4S2. The summed E-state index contributed by atoms with van der Waals surface area (Å²) >= 11 is 7.68. The van der Waals surface area contributed by atoms with Crippen molar-refractivity contribution in [2.24, 2.45) is 10.7 Å². The van der Waals surface area contributed by atoms with E-state index in [9.17, 15) is 13.2 Å². The predicted molar refractivity (Wildman–Crippen MR) is 108 cm³/mol. The summed E-state index contributed by atoms with van der Waals surface area (Å²) < 4.78 is 30.9. The Morgan fingerprint density at radius 3 is 2.27 bits per heavy atom. The zero-order chi connectivity index (χ0) is 18.9. The summed E-state index contributed by atoms with van der Waals surface area (Å²) in [6.07, 6.45) is 1.61. The summed E-state index contributed by atoms with van der Waals surface area (Å²) in [6.45, 7) is 0. The third-order valence-corrected chi connectivity index (χ3v) is 6.41. The molecule has 0 aromatic heterocycles. The number of nitrogens with zero attached hydrogens (tertiary/aromatic N) is 1. The number of halogens is 2. The zero-order valence-corrected chi connectivity index (χ0v) is 17.7. The van der Waals surface area contributed by atoms with Gasteiger partial charge in [-0.3, -0.25) is 4.79 Å². The van der Waals surface area contributed by atoms with Crippen LogP contribution in [0.25, 0.3) is 6.08 Å². The van der Waals surface area contributed by atoms with Gasteiger partial charge < -0.3 is 9.92 Å². The number of aliphatic imine (C=N–C) groups is 1.